The van der Waals surface area contributed by atoms with Crippen LogP contribution >= 0.6 is 0 Å². The molecule has 0 bridgehead atoms. The summed E-state index contributed by atoms with van der Waals surface area (Å²) in [6.07, 6.45) is 60.9. The van der Waals surface area contributed by atoms with E-state index in [0.29, 0.717) is 5.78 Å². The number of carbonyl (C=O) groups is 1. The molecule has 0 aromatic heterocycles. The Bertz CT molecular complexity index is 644. The molecule has 0 saturated carbocycles. The maximum Gasteiger partial charge on any atom is 0.135 e. The largest absolute Gasteiger partial charge is 0.396 e. The number of Topliss-reactive ketones (excluding diaryl/α,β-unsaturated/α-hetero) is 1. The fourth-order valence-electron chi connectivity index (χ4n) is 8.37. The molecule has 0 rings (SSSR count). The first-order valence-corrected chi connectivity index (χ1v) is 24.9. The molecule has 0 radical (unpaired) electrons. The van der Waals surface area contributed by atoms with E-state index in [1.165, 1.54) is 244 Å². The normalized spacial score (nSPS) is 12.2. The van der Waals surface area contributed by atoms with Crippen LogP contribution in [-0.2, 0) is 4.79 Å². The summed E-state index contributed by atoms with van der Waals surface area (Å²) in [4.78, 5) is 13.2. The first kappa shape index (κ1) is 51.6. The van der Waals surface area contributed by atoms with Crippen LogP contribution in [0.25, 0.3) is 0 Å². The molecule has 0 aliphatic rings. The molecule has 1 N–H and O–H groups in total. The van der Waals surface area contributed by atoms with Crippen molar-refractivity contribution in [3.63, 3.8) is 0 Å². The topological polar surface area (TPSA) is 37.3 Å². The van der Waals surface area contributed by atoms with Gasteiger partial charge < -0.3 is 5.11 Å². The molecule has 0 aliphatic heterocycles. The van der Waals surface area contributed by atoms with E-state index < -0.39 is 0 Å². The maximum absolute atomic E-state index is 13.2. The molecule has 0 heterocycles. The highest BCUT2D eigenvalue weighted by molar-refractivity contribution is 5.80. The lowest BCUT2D eigenvalue weighted by atomic mass is 9.88. The van der Waals surface area contributed by atoms with Gasteiger partial charge in [-0.3, -0.25) is 4.79 Å². The number of hydrogen-bond donors (Lipinski definition) is 1. The van der Waals surface area contributed by atoms with Gasteiger partial charge in [0.1, 0.15) is 5.78 Å². The first-order chi connectivity index (χ1) is 25.8. The van der Waals surface area contributed by atoms with Crippen LogP contribution in [0.15, 0.2) is 0 Å². The monoisotopic (exact) mass is 733 g/mol. The minimum absolute atomic E-state index is 0.282. The van der Waals surface area contributed by atoms with Gasteiger partial charge in [0.2, 0.25) is 0 Å². The van der Waals surface area contributed by atoms with E-state index in [0.717, 1.165) is 44.9 Å². The summed E-state index contributed by atoms with van der Waals surface area (Å²) in [7, 11) is 0. The first-order valence-electron chi connectivity index (χ1n) is 24.9. The summed E-state index contributed by atoms with van der Waals surface area (Å²) >= 11 is 0. The van der Waals surface area contributed by atoms with Gasteiger partial charge in [-0.25, -0.2) is 0 Å². The Morgan fingerprint density at radius 3 is 0.769 bits per heavy atom. The van der Waals surface area contributed by atoms with Crippen LogP contribution in [0.4, 0.5) is 0 Å². The molecule has 1 atom stereocenters. The highest BCUT2D eigenvalue weighted by Gasteiger charge is 2.17. The lowest BCUT2D eigenvalue weighted by Crippen LogP contribution is -2.15. The van der Waals surface area contributed by atoms with Crippen LogP contribution in [0.2, 0.25) is 0 Å². The van der Waals surface area contributed by atoms with Gasteiger partial charge in [0.15, 0.2) is 0 Å². The van der Waals surface area contributed by atoms with Gasteiger partial charge in [0.05, 0.1) is 0 Å². The highest BCUT2D eigenvalue weighted by Crippen LogP contribution is 2.23. The fourth-order valence-corrected chi connectivity index (χ4v) is 8.37. The van der Waals surface area contributed by atoms with Gasteiger partial charge in [0.25, 0.3) is 0 Å². The molecule has 0 fully saturated rings. The zero-order valence-corrected chi connectivity index (χ0v) is 36.5. The highest BCUT2D eigenvalue weighted by atomic mass is 16.2. The van der Waals surface area contributed by atoms with Gasteiger partial charge in [-0.1, -0.05) is 271 Å². The SMILES string of the molecule is CCCCCCCCCCCCCCCCCCCCCC[C@@H](CCCCCO)C(=O)CCCCCCCCCCCCCCCCCCCCC. The Hall–Kier alpha value is -0.370. The van der Waals surface area contributed by atoms with Gasteiger partial charge in [0, 0.05) is 18.9 Å². The molecular weight excluding hydrogens is 633 g/mol. The second-order valence-corrected chi connectivity index (χ2v) is 17.4. The minimum Gasteiger partial charge on any atom is -0.396 e. The van der Waals surface area contributed by atoms with Crippen molar-refractivity contribution in [3.8, 4) is 0 Å². The van der Waals surface area contributed by atoms with Crippen molar-refractivity contribution in [2.75, 3.05) is 6.61 Å². The molecular formula is C50H100O2. The van der Waals surface area contributed by atoms with E-state index in [4.69, 9.17) is 0 Å². The van der Waals surface area contributed by atoms with Gasteiger partial charge in [-0.05, 0) is 25.7 Å². The van der Waals surface area contributed by atoms with E-state index in [1.54, 1.807) is 0 Å². The second kappa shape index (κ2) is 46.8. The Labute approximate surface area is 330 Å². The van der Waals surface area contributed by atoms with E-state index in [9.17, 15) is 9.90 Å². The van der Waals surface area contributed by atoms with Crippen LogP contribution < -0.4 is 0 Å². The summed E-state index contributed by atoms with van der Waals surface area (Å²) in [5, 5.41) is 9.18. The molecule has 0 unspecified atom stereocenters. The predicted molar refractivity (Wildman–Crippen MR) is 235 cm³/mol. The van der Waals surface area contributed by atoms with Crippen LogP contribution in [0, 0.1) is 5.92 Å². The second-order valence-electron chi connectivity index (χ2n) is 17.4. The van der Waals surface area contributed by atoms with Crippen molar-refractivity contribution < 1.29 is 9.90 Å². The zero-order valence-electron chi connectivity index (χ0n) is 36.5. The van der Waals surface area contributed by atoms with Crippen molar-refractivity contribution >= 4 is 5.78 Å². The third-order valence-electron chi connectivity index (χ3n) is 12.1. The van der Waals surface area contributed by atoms with Crippen molar-refractivity contribution in [2.24, 2.45) is 5.92 Å². The average molecular weight is 733 g/mol. The molecule has 0 aromatic rings. The zero-order chi connectivity index (χ0) is 37.7. The van der Waals surface area contributed by atoms with Crippen LogP contribution in [0.1, 0.15) is 303 Å². The standard InChI is InChI=1S/C50H100O2/c1-3-5-7-9-11-13-15-17-19-21-23-25-26-28-30-32-34-36-38-41-45-49(46-42-40-44-48-51)50(52)47-43-39-37-35-33-31-29-27-24-22-20-18-16-14-12-10-8-6-4-2/h49,51H,3-48H2,1-2H3/t49-/m0/s1. The maximum atomic E-state index is 13.2. The Kier molecular flexibility index (Phi) is 46.5. The molecule has 2 nitrogen and oxygen atoms in total. The predicted octanol–water partition coefficient (Wildman–Crippen LogP) is 17.8. The van der Waals surface area contributed by atoms with Gasteiger partial charge >= 0.3 is 0 Å². The summed E-state index contributed by atoms with van der Waals surface area (Å²) in [6.45, 7) is 4.89. The number of ketones is 1. The van der Waals surface area contributed by atoms with E-state index >= 15 is 0 Å². The van der Waals surface area contributed by atoms with E-state index in [1.807, 2.05) is 0 Å². The number of carbonyl (C=O) groups excluding carboxylic acids is 1. The summed E-state index contributed by atoms with van der Waals surface area (Å²) in [6, 6.07) is 0. The lowest BCUT2D eigenvalue weighted by molar-refractivity contribution is -0.123. The van der Waals surface area contributed by atoms with E-state index in [2.05, 4.69) is 13.8 Å². The van der Waals surface area contributed by atoms with Crippen molar-refractivity contribution in [1.82, 2.24) is 0 Å². The van der Waals surface area contributed by atoms with Crippen molar-refractivity contribution in [3.05, 3.63) is 0 Å². The molecule has 52 heavy (non-hydrogen) atoms. The smallest absolute Gasteiger partial charge is 0.135 e. The average Bonchev–Trinajstić information content (AvgIpc) is 3.15. The molecule has 0 amide bonds. The van der Waals surface area contributed by atoms with Crippen LogP contribution in [0.3, 0.4) is 0 Å². The van der Waals surface area contributed by atoms with Crippen molar-refractivity contribution in [2.45, 2.75) is 303 Å². The number of aliphatic hydroxyl groups is 1. The Balaban J connectivity index is 3.67. The van der Waals surface area contributed by atoms with Crippen LogP contribution in [0.5, 0.6) is 0 Å². The number of aliphatic hydroxyl groups excluding tert-OH is 1. The van der Waals surface area contributed by atoms with Gasteiger partial charge in [-0.15, -0.1) is 0 Å². The Morgan fingerprint density at radius 1 is 0.308 bits per heavy atom. The quantitative estimate of drug-likeness (QED) is 0.0633. The third kappa shape index (κ3) is 42.4. The lowest BCUT2D eigenvalue weighted by Gasteiger charge is -2.16. The fraction of sp³-hybridized carbons (Fsp3) is 0.980. The minimum atomic E-state index is 0.282. The van der Waals surface area contributed by atoms with E-state index in [-0.39, 0.29) is 12.5 Å². The summed E-state index contributed by atoms with van der Waals surface area (Å²) in [5.41, 5.74) is 0. The molecule has 0 aromatic carbocycles. The van der Waals surface area contributed by atoms with Crippen LogP contribution in [-0.4, -0.2) is 17.5 Å². The molecule has 0 aliphatic carbocycles. The molecule has 2 heteroatoms. The molecule has 0 saturated heterocycles. The Morgan fingerprint density at radius 2 is 0.519 bits per heavy atom. The molecule has 0 spiro atoms. The summed E-state index contributed by atoms with van der Waals surface area (Å²) in [5.74, 6) is 0.832. The number of unbranched alkanes of at least 4 members (excludes halogenated alkanes) is 39. The molecule has 312 valence electrons. The summed E-state index contributed by atoms with van der Waals surface area (Å²) < 4.78 is 0. The number of rotatable bonds is 47. The van der Waals surface area contributed by atoms with Crippen molar-refractivity contribution in [1.29, 1.82) is 0 Å². The van der Waals surface area contributed by atoms with Gasteiger partial charge in [-0.2, -0.15) is 0 Å². The third-order valence-corrected chi connectivity index (χ3v) is 12.1. The number of hydrogen-bond acceptors (Lipinski definition) is 2.